The molecule has 2 unspecified atom stereocenters. The Labute approximate surface area is 186 Å². The van der Waals surface area contributed by atoms with Gasteiger partial charge in [-0.1, -0.05) is 12.1 Å². The molecule has 1 heterocycles. The number of methoxy groups -OCH3 is 1. The summed E-state index contributed by atoms with van der Waals surface area (Å²) in [7, 11) is 1.67. The largest absolute Gasteiger partial charge is 0.382 e. The topological polar surface area (TPSA) is 84.4 Å². The molecule has 31 heavy (non-hydrogen) atoms. The van der Waals surface area contributed by atoms with E-state index in [4.69, 9.17) is 14.2 Å². The van der Waals surface area contributed by atoms with Crippen molar-refractivity contribution in [1.29, 1.82) is 0 Å². The van der Waals surface area contributed by atoms with Gasteiger partial charge in [0.2, 0.25) is 0 Å². The number of nitrogens with zero attached hydrogens (tertiary/aromatic N) is 2. The Hall–Kier alpha value is -2.16. The van der Waals surface area contributed by atoms with Crippen molar-refractivity contribution in [2.24, 2.45) is 4.99 Å². The van der Waals surface area contributed by atoms with Crippen molar-refractivity contribution in [3.63, 3.8) is 0 Å². The predicted molar refractivity (Wildman–Crippen MR) is 122 cm³/mol. The molecule has 1 aromatic rings. The summed E-state index contributed by atoms with van der Waals surface area (Å²) in [6.45, 7) is 11.3. The summed E-state index contributed by atoms with van der Waals surface area (Å²) < 4.78 is 16.1. The van der Waals surface area contributed by atoms with E-state index in [0.29, 0.717) is 45.0 Å². The number of morpholine rings is 1. The first-order chi connectivity index (χ1) is 15.0. The minimum Gasteiger partial charge on any atom is -0.382 e. The maximum absolute atomic E-state index is 12.8. The van der Waals surface area contributed by atoms with Crippen LogP contribution >= 0.6 is 0 Å². The monoisotopic (exact) mass is 434 g/mol. The van der Waals surface area contributed by atoms with Gasteiger partial charge in [0.05, 0.1) is 32.0 Å². The fraction of sp³-hybridized carbons (Fsp3) is 0.652. The SMILES string of the molecule is CCNC(=NCc1ccc(C(=O)N2CC(C)OC(C)C2)cc1)NCCCOCCOC. The highest BCUT2D eigenvalue weighted by Crippen LogP contribution is 2.15. The molecule has 0 bridgehead atoms. The van der Waals surface area contributed by atoms with E-state index in [0.717, 1.165) is 31.0 Å². The zero-order valence-electron chi connectivity index (χ0n) is 19.4. The van der Waals surface area contributed by atoms with Crippen molar-refractivity contribution >= 4 is 11.9 Å². The Morgan fingerprint density at radius 1 is 1.13 bits per heavy atom. The number of rotatable bonds is 11. The van der Waals surface area contributed by atoms with E-state index in [-0.39, 0.29) is 18.1 Å². The molecule has 0 aromatic heterocycles. The fourth-order valence-electron chi connectivity index (χ4n) is 3.42. The van der Waals surface area contributed by atoms with Crippen molar-refractivity contribution < 1.29 is 19.0 Å². The quantitative estimate of drug-likeness (QED) is 0.315. The second-order valence-electron chi connectivity index (χ2n) is 7.75. The molecule has 1 aromatic carbocycles. The average molecular weight is 435 g/mol. The molecule has 0 radical (unpaired) electrons. The van der Waals surface area contributed by atoms with Gasteiger partial charge < -0.3 is 29.7 Å². The molecule has 1 aliphatic rings. The second kappa shape index (κ2) is 14.0. The Morgan fingerprint density at radius 2 is 1.84 bits per heavy atom. The van der Waals surface area contributed by atoms with Crippen LogP contribution in [0.25, 0.3) is 0 Å². The smallest absolute Gasteiger partial charge is 0.254 e. The highest BCUT2D eigenvalue weighted by Gasteiger charge is 2.26. The van der Waals surface area contributed by atoms with E-state index >= 15 is 0 Å². The molecule has 2 N–H and O–H groups in total. The summed E-state index contributed by atoms with van der Waals surface area (Å²) in [6.07, 6.45) is 1.02. The van der Waals surface area contributed by atoms with Gasteiger partial charge in [-0.05, 0) is 44.9 Å². The number of amides is 1. The molecule has 2 rings (SSSR count). The summed E-state index contributed by atoms with van der Waals surface area (Å²) in [5.74, 6) is 0.829. The van der Waals surface area contributed by atoms with E-state index < -0.39 is 0 Å². The molecule has 1 aliphatic heterocycles. The van der Waals surface area contributed by atoms with Crippen LogP contribution in [-0.4, -0.2) is 82.1 Å². The number of guanidine groups is 1. The number of carbonyl (C=O) groups is 1. The standard InChI is InChI=1S/C23H38N4O4/c1-5-24-23(25-11-6-12-30-14-13-29-4)26-15-20-7-9-21(10-8-20)22(28)27-16-18(2)31-19(3)17-27/h7-10,18-19H,5-6,11-17H2,1-4H3,(H2,24,25,26). The Bertz CT molecular complexity index is 671. The molecule has 8 nitrogen and oxygen atoms in total. The molecule has 174 valence electrons. The van der Waals surface area contributed by atoms with Gasteiger partial charge in [0.15, 0.2) is 5.96 Å². The minimum absolute atomic E-state index is 0.0553. The Balaban J connectivity index is 1.82. The lowest BCUT2D eigenvalue weighted by molar-refractivity contribution is -0.0586. The van der Waals surface area contributed by atoms with Crippen LogP contribution in [-0.2, 0) is 20.8 Å². The maximum Gasteiger partial charge on any atom is 0.254 e. The fourth-order valence-corrected chi connectivity index (χ4v) is 3.42. The summed E-state index contributed by atoms with van der Waals surface area (Å²) in [6, 6.07) is 7.71. The molecular formula is C23H38N4O4. The molecule has 0 saturated carbocycles. The first-order valence-electron chi connectivity index (χ1n) is 11.2. The first-order valence-corrected chi connectivity index (χ1v) is 11.2. The first kappa shape index (κ1) is 25.1. The van der Waals surface area contributed by atoms with Crippen molar-refractivity contribution in [3.8, 4) is 0 Å². The zero-order chi connectivity index (χ0) is 22.5. The van der Waals surface area contributed by atoms with Crippen molar-refractivity contribution in [3.05, 3.63) is 35.4 Å². The molecule has 8 heteroatoms. The van der Waals surface area contributed by atoms with Gasteiger partial charge in [0.25, 0.3) is 5.91 Å². The maximum atomic E-state index is 12.8. The van der Waals surface area contributed by atoms with Crippen molar-refractivity contribution in [2.45, 2.75) is 45.9 Å². The van der Waals surface area contributed by atoms with Gasteiger partial charge in [-0.25, -0.2) is 4.99 Å². The van der Waals surface area contributed by atoms with Crippen LogP contribution in [0.4, 0.5) is 0 Å². The third kappa shape index (κ3) is 9.25. The number of ether oxygens (including phenoxy) is 3. The molecular weight excluding hydrogens is 396 g/mol. The van der Waals surface area contributed by atoms with Crippen LogP contribution in [0.2, 0.25) is 0 Å². The predicted octanol–water partition coefficient (Wildman–Crippen LogP) is 2.04. The third-order valence-electron chi connectivity index (χ3n) is 4.86. The second-order valence-corrected chi connectivity index (χ2v) is 7.75. The summed E-state index contributed by atoms with van der Waals surface area (Å²) >= 11 is 0. The molecule has 1 fully saturated rings. The van der Waals surface area contributed by atoms with Crippen molar-refractivity contribution in [1.82, 2.24) is 15.5 Å². The lowest BCUT2D eigenvalue weighted by Crippen LogP contribution is -2.48. The zero-order valence-corrected chi connectivity index (χ0v) is 19.4. The summed E-state index contributed by atoms with van der Waals surface area (Å²) in [5.41, 5.74) is 1.76. The van der Waals surface area contributed by atoms with Gasteiger partial charge in [-0.2, -0.15) is 0 Å². The molecule has 0 spiro atoms. The summed E-state index contributed by atoms with van der Waals surface area (Å²) in [4.78, 5) is 19.3. The van der Waals surface area contributed by atoms with Crippen molar-refractivity contribution in [2.75, 3.05) is 53.1 Å². The molecule has 0 aliphatic carbocycles. The number of hydrogen-bond donors (Lipinski definition) is 2. The van der Waals surface area contributed by atoms with E-state index in [9.17, 15) is 4.79 Å². The molecule has 1 saturated heterocycles. The van der Waals surface area contributed by atoms with Gasteiger partial charge in [0.1, 0.15) is 0 Å². The van der Waals surface area contributed by atoms with Crippen LogP contribution in [0.3, 0.4) is 0 Å². The molecule has 2 atom stereocenters. The van der Waals surface area contributed by atoms with Gasteiger partial charge >= 0.3 is 0 Å². The normalized spacial score (nSPS) is 19.4. The summed E-state index contributed by atoms with van der Waals surface area (Å²) in [5, 5.41) is 6.57. The van der Waals surface area contributed by atoms with Crippen LogP contribution in [0.15, 0.2) is 29.3 Å². The van der Waals surface area contributed by atoms with Crippen LogP contribution in [0.5, 0.6) is 0 Å². The number of nitrogens with one attached hydrogen (secondary N) is 2. The lowest BCUT2D eigenvalue weighted by Gasteiger charge is -2.35. The van der Waals surface area contributed by atoms with E-state index in [1.165, 1.54) is 0 Å². The van der Waals surface area contributed by atoms with Gasteiger partial charge in [-0.15, -0.1) is 0 Å². The van der Waals surface area contributed by atoms with Crippen LogP contribution in [0, 0.1) is 0 Å². The average Bonchev–Trinajstić information content (AvgIpc) is 2.76. The van der Waals surface area contributed by atoms with Crippen LogP contribution in [0.1, 0.15) is 43.1 Å². The van der Waals surface area contributed by atoms with E-state index in [1.807, 2.05) is 49.9 Å². The highest BCUT2D eigenvalue weighted by atomic mass is 16.5. The lowest BCUT2D eigenvalue weighted by atomic mass is 10.1. The van der Waals surface area contributed by atoms with E-state index in [1.54, 1.807) is 7.11 Å². The Kier molecular flexibility index (Phi) is 11.3. The number of hydrogen-bond acceptors (Lipinski definition) is 5. The highest BCUT2D eigenvalue weighted by molar-refractivity contribution is 5.94. The van der Waals surface area contributed by atoms with Gasteiger partial charge in [-0.3, -0.25) is 4.79 Å². The Morgan fingerprint density at radius 3 is 2.48 bits per heavy atom. The number of aliphatic imine (C=N–C) groups is 1. The third-order valence-corrected chi connectivity index (χ3v) is 4.86. The van der Waals surface area contributed by atoms with Gasteiger partial charge in [0, 0.05) is 45.5 Å². The number of benzene rings is 1. The van der Waals surface area contributed by atoms with E-state index in [2.05, 4.69) is 15.6 Å². The minimum atomic E-state index is 0.0553. The molecule has 1 amide bonds. The van der Waals surface area contributed by atoms with Crippen LogP contribution < -0.4 is 10.6 Å². The number of carbonyl (C=O) groups excluding carboxylic acids is 1.